The molecule has 0 aliphatic rings. The molecule has 0 saturated heterocycles. The summed E-state index contributed by atoms with van der Waals surface area (Å²) in [7, 11) is 1.17. The number of carbonyl (C=O) groups is 1. The van der Waals surface area contributed by atoms with Crippen LogP contribution < -0.4 is 5.73 Å². The first kappa shape index (κ1) is 15.0. The SMILES string of the molecule is COC(=O)Cc1cc(C#N)c(C(F)(F)F)cc1CN. The fraction of sp³-hybridized carbons (Fsp3) is 0.333. The minimum absolute atomic E-state index is 0.164. The van der Waals surface area contributed by atoms with Crippen LogP contribution in [0.4, 0.5) is 13.2 Å². The lowest BCUT2D eigenvalue weighted by molar-refractivity contribution is -0.139. The van der Waals surface area contributed by atoms with E-state index in [9.17, 15) is 18.0 Å². The van der Waals surface area contributed by atoms with Crippen molar-refractivity contribution in [3.05, 3.63) is 34.4 Å². The number of methoxy groups -OCH3 is 1. The molecule has 0 fully saturated rings. The summed E-state index contributed by atoms with van der Waals surface area (Å²) in [5.74, 6) is -0.613. The molecule has 4 nitrogen and oxygen atoms in total. The van der Waals surface area contributed by atoms with Crippen molar-refractivity contribution in [2.75, 3.05) is 7.11 Å². The zero-order valence-electron chi connectivity index (χ0n) is 10.0. The van der Waals surface area contributed by atoms with Gasteiger partial charge in [-0.3, -0.25) is 4.79 Å². The van der Waals surface area contributed by atoms with Crippen molar-refractivity contribution >= 4 is 5.97 Å². The Morgan fingerprint density at radius 3 is 2.47 bits per heavy atom. The predicted octanol–water partition coefficient (Wildman–Crippen LogP) is 1.75. The Balaban J connectivity index is 3.36. The largest absolute Gasteiger partial charge is 0.469 e. The molecule has 0 bridgehead atoms. The average Bonchev–Trinajstić information content (AvgIpc) is 2.36. The molecule has 0 heterocycles. The number of carbonyl (C=O) groups excluding carboxylic acids is 1. The molecule has 0 spiro atoms. The number of halogens is 3. The van der Waals surface area contributed by atoms with Gasteiger partial charge < -0.3 is 10.5 Å². The van der Waals surface area contributed by atoms with Crippen LogP contribution >= 0.6 is 0 Å². The summed E-state index contributed by atoms with van der Waals surface area (Å²) in [6.45, 7) is -0.166. The third-order valence-electron chi connectivity index (χ3n) is 2.55. The number of esters is 1. The van der Waals surface area contributed by atoms with Crippen LogP contribution in [0, 0.1) is 11.3 Å². The highest BCUT2D eigenvalue weighted by atomic mass is 19.4. The zero-order chi connectivity index (χ0) is 14.6. The number of alkyl halides is 3. The van der Waals surface area contributed by atoms with Gasteiger partial charge in [-0.05, 0) is 23.3 Å². The van der Waals surface area contributed by atoms with E-state index in [-0.39, 0.29) is 24.1 Å². The number of rotatable bonds is 3. The quantitative estimate of drug-likeness (QED) is 0.850. The topological polar surface area (TPSA) is 76.1 Å². The Bertz CT molecular complexity index is 533. The number of benzene rings is 1. The monoisotopic (exact) mass is 272 g/mol. The second-order valence-electron chi connectivity index (χ2n) is 3.73. The van der Waals surface area contributed by atoms with Crippen LogP contribution in [0.3, 0.4) is 0 Å². The van der Waals surface area contributed by atoms with Crippen LogP contribution in [0.25, 0.3) is 0 Å². The standard InChI is InChI=1S/C12H11F3N2O2/c1-19-11(18)4-7-2-9(6-17)10(12(13,14)15)3-8(7)5-16/h2-3H,4-5,16H2,1H3. The summed E-state index contributed by atoms with van der Waals surface area (Å²) in [5, 5.41) is 8.76. The van der Waals surface area contributed by atoms with E-state index in [0.717, 1.165) is 12.1 Å². The first-order valence-corrected chi connectivity index (χ1v) is 5.23. The van der Waals surface area contributed by atoms with Crippen molar-refractivity contribution in [2.45, 2.75) is 19.1 Å². The number of nitrogens with two attached hydrogens (primary N) is 1. The first-order valence-electron chi connectivity index (χ1n) is 5.23. The number of hydrogen-bond acceptors (Lipinski definition) is 4. The molecular formula is C12H11F3N2O2. The van der Waals surface area contributed by atoms with E-state index in [2.05, 4.69) is 4.74 Å². The van der Waals surface area contributed by atoms with E-state index in [1.54, 1.807) is 0 Å². The molecule has 0 aliphatic heterocycles. The van der Waals surface area contributed by atoms with Crippen LogP contribution in [0.1, 0.15) is 22.3 Å². The Morgan fingerprint density at radius 2 is 2.05 bits per heavy atom. The van der Waals surface area contributed by atoms with E-state index in [1.807, 2.05) is 0 Å². The predicted molar refractivity (Wildman–Crippen MR) is 59.8 cm³/mol. The van der Waals surface area contributed by atoms with Crippen LogP contribution in [-0.2, 0) is 28.7 Å². The highest BCUT2D eigenvalue weighted by molar-refractivity contribution is 5.73. The molecule has 0 atom stereocenters. The van der Waals surface area contributed by atoms with Gasteiger partial charge in [0, 0.05) is 6.54 Å². The summed E-state index contributed by atoms with van der Waals surface area (Å²) >= 11 is 0. The molecular weight excluding hydrogens is 261 g/mol. The second-order valence-corrected chi connectivity index (χ2v) is 3.73. The third kappa shape index (κ3) is 3.45. The number of hydrogen-bond donors (Lipinski definition) is 1. The molecule has 0 saturated carbocycles. The van der Waals surface area contributed by atoms with Gasteiger partial charge in [0.1, 0.15) is 0 Å². The molecule has 0 amide bonds. The van der Waals surface area contributed by atoms with E-state index >= 15 is 0 Å². The fourth-order valence-electron chi connectivity index (χ4n) is 1.60. The summed E-state index contributed by atoms with van der Waals surface area (Å²) in [5.41, 5.74) is 4.21. The molecule has 1 rings (SSSR count). The van der Waals surface area contributed by atoms with E-state index in [1.165, 1.54) is 13.2 Å². The van der Waals surface area contributed by atoms with Crippen molar-refractivity contribution in [3.63, 3.8) is 0 Å². The van der Waals surface area contributed by atoms with Gasteiger partial charge in [-0.25, -0.2) is 0 Å². The second kappa shape index (κ2) is 5.71. The van der Waals surface area contributed by atoms with Crippen LogP contribution in [-0.4, -0.2) is 13.1 Å². The van der Waals surface area contributed by atoms with Gasteiger partial charge in [0.2, 0.25) is 0 Å². The summed E-state index contributed by atoms with van der Waals surface area (Å²) < 4.78 is 42.6. The van der Waals surface area contributed by atoms with E-state index < -0.39 is 23.3 Å². The summed E-state index contributed by atoms with van der Waals surface area (Å²) in [4.78, 5) is 11.2. The Hall–Kier alpha value is -2.07. The molecule has 1 aromatic rings. The van der Waals surface area contributed by atoms with E-state index in [0.29, 0.717) is 0 Å². The van der Waals surface area contributed by atoms with E-state index in [4.69, 9.17) is 11.0 Å². The normalized spacial score (nSPS) is 10.9. The molecule has 1 aromatic carbocycles. The maximum atomic E-state index is 12.7. The van der Waals surface area contributed by atoms with Crippen molar-refractivity contribution in [1.29, 1.82) is 5.26 Å². The lowest BCUT2D eigenvalue weighted by Crippen LogP contribution is -2.14. The number of nitriles is 1. The van der Waals surface area contributed by atoms with Gasteiger partial charge >= 0.3 is 12.1 Å². The van der Waals surface area contributed by atoms with Crippen molar-refractivity contribution in [3.8, 4) is 6.07 Å². The van der Waals surface area contributed by atoms with Gasteiger partial charge in [0.05, 0.1) is 30.7 Å². The van der Waals surface area contributed by atoms with Crippen LogP contribution in [0.2, 0.25) is 0 Å². The third-order valence-corrected chi connectivity index (χ3v) is 2.55. The molecule has 19 heavy (non-hydrogen) atoms. The lowest BCUT2D eigenvalue weighted by Gasteiger charge is -2.14. The molecule has 0 aromatic heterocycles. The zero-order valence-corrected chi connectivity index (χ0v) is 10.0. The molecule has 2 N–H and O–H groups in total. The van der Waals surface area contributed by atoms with Crippen LogP contribution in [0.15, 0.2) is 12.1 Å². The van der Waals surface area contributed by atoms with Crippen molar-refractivity contribution in [2.24, 2.45) is 5.73 Å². The maximum absolute atomic E-state index is 12.7. The highest BCUT2D eigenvalue weighted by Crippen LogP contribution is 2.33. The van der Waals surface area contributed by atoms with Gasteiger partial charge in [-0.15, -0.1) is 0 Å². The van der Waals surface area contributed by atoms with Gasteiger partial charge in [0.15, 0.2) is 0 Å². The Labute approximate surface area is 107 Å². The minimum Gasteiger partial charge on any atom is -0.469 e. The lowest BCUT2D eigenvalue weighted by atomic mass is 9.96. The minimum atomic E-state index is -4.64. The van der Waals surface area contributed by atoms with Crippen LogP contribution in [0.5, 0.6) is 0 Å². The fourth-order valence-corrected chi connectivity index (χ4v) is 1.60. The summed E-state index contributed by atoms with van der Waals surface area (Å²) in [6.07, 6.45) is -4.87. The number of nitrogens with zero attached hydrogens (tertiary/aromatic N) is 1. The first-order chi connectivity index (χ1) is 8.83. The molecule has 0 radical (unpaired) electrons. The molecule has 7 heteroatoms. The summed E-state index contributed by atoms with van der Waals surface area (Å²) in [6, 6.07) is 3.30. The van der Waals surface area contributed by atoms with Gasteiger partial charge in [-0.1, -0.05) is 0 Å². The highest BCUT2D eigenvalue weighted by Gasteiger charge is 2.34. The van der Waals surface area contributed by atoms with Gasteiger partial charge in [-0.2, -0.15) is 18.4 Å². The smallest absolute Gasteiger partial charge is 0.417 e. The number of ether oxygens (including phenoxy) is 1. The maximum Gasteiger partial charge on any atom is 0.417 e. The van der Waals surface area contributed by atoms with Gasteiger partial charge in [0.25, 0.3) is 0 Å². The molecule has 0 unspecified atom stereocenters. The van der Waals surface area contributed by atoms with Crippen molar-refractivity contribution in [1.82, 2.24) is 0 Å². The Kier molecular flexibility index (Phi) is 4.51. The Morgan fingerprint density at radius 1 is 1.42 bits per heavy atom. The molecule has 0 aliphatic carbocycles. The average molecular weight is 272 g/mol. The van der Waals surface area contributed by atoms with Crippen molar-refractivity contribution < 1.29 is 22.7 Å². The molecule has 102 valence electrons.